The number of carbonyl (C=O) groups excluding carboxylic acids is 1. The van der Waals surface area contributed by atoms with Crippen LogP contribution in [0.15, 0.2) is 36.4 Å². The van der Waals surface area contributed by atoms with Crippen LogP contribution in [0.2, 0.25) is 0 Å². The van der Waals surface area contributed by atoms with Crippen LogP contribution in [0.25, 0.3) is 0 Å². The molecule has 0 spiro atoms. The van der Waals surface area contributed by atoms with Crippen molar-refractivity contribution >= 4 is 27.3 Å². The lowest BCUT2D eigenvalue weighted by atomic mass is 10.00. The van der Waals surface area contributed by atoms with E-state index in [9.17, 15) is 23.3 Å². The van der Waals surface area contributed by atoms with Gasteiger partial charge in [0.05, 0.1) is 24.3 Å². The third-order valence-corrected chi connectivity index (χ3v) is 5.73. The molecule has 1 amide bonds. The van der Waals surface area contributed by atoms with E-state index in [1.54, 1.807) is 6.92 Å². The number of ether oxygens (including phenoxy) is 1. The summed E-state index contributed by atoms with van der Waals surface area (Å²) in [6.45, 7) is 5.12. The van der Waals surface area contributed by atoms with Gasteiger partial charge in [-0.15, -0.1) is 0 Å². The number of hydrogen-bond donors (Lipinski definition) is 1. The third kappa shape index (κ3) is 5.47. The van der Waals surface area contributed by atoms with Gasteiger partial charge in [0.25, 0.3) is 5.69 Å². The number of non-ortho nitro benzene ring substituents is 1. The van der Waals surface area contributed by atoms with Gasteiger partial charge in [-0.05, 0) is 38.0 Å². The molecule has 0 aliphatic carbocycles. The predicted octanol–water partition coefficient (Wildman–Crippen LogP) is 2.86. The second-order valence-corrected chi connectivity index (χ2v) is 8.94. The van der Waals surface area contributed by atoms with Gasteiger partial charge < -0.3 is 10.1 Å². The third-order valence-electron chi connectivity index (χ3n) is 4.61. The largest absolute Gasteiger partial charge is 0.495 e. The Hall–Kier alpha value is -3.14. The number of anilines is 1. The molecule has 0 saturated carbocycles. The van der Waals surface area contributed by atoms with Gasteiger partial charge >= 0.3 is 0 Å². The second-order valence-electron chi connectivity index (χ2n) is 7.03. The molecule has 30 heavy (non-hydrogen) atoms. The maximum absolute atomic E-state index is 12.7. The fourth-order valence-corrected chi connectivity index (χ4v) is 3.94. The lowest BCUT2D eigenvalue weighted by molar-refractivity contribution is -0.384. The van der Waals surface area contributed by atoms with E-state index in [4.69, 9.17) is 4.74 Å². The number of nitro groups is 1. The van der Waals surface area contributed by atoms with Gasteiger partial charge in [-0.25, -0.2) is 8.42 Å². The number of benzene rings is 2. The molecule has 9 nitrogen and oxygen atoms in total. The molecule has 2 aromatic carbocycles. The van der Waals surface area contributed by atoms with Gasteiger partial charge in [0.15, 0.2) is 0 Å². The second kappa shape index (κ2) is 9.12. The van der Waals surface area contributed by atoms with E-state index in [1.165, 1.54) is 19.2 Å². The van der Waals surface area contributed by atoms with E-state index in [2.05, 4.69) is 5.32 Å². The van der Waals surface area contributed by atoms with Crippen molar-refractivity contribution in [3.63, 3.8) is 0 Å². The minimum Gasteiger partial charge on any atom is -0.495 e. The highest BCUT2D eigenvalue weighted by Gasteiger charge is 2.27. The van der Waals surface area contributed by atoms with E-state index < -0.39 is 27.4 Å². The van der Waals surface area contributed by atoms with E-state index in [-0.39, 0.29) is 23.2 Å². The first kappa shape index (κ1) is 23.1. The number of amides is 1. The molecule has 0 bridgehead atoms. The lowest BCUT2D eigenvalue weighted by Crippen LogP contribution is -2.41. The van der Waals surface area contributed by atoms with E-state index in [0.717, 1.165) is 33.3 Å². The van der Waals surface area contributed by atoms with Crippen LogP contribution >= 0.6 is 0 Å². The molecule has 0 fully saturated rings. The van der Waals surface area contributed by atoms with Crippen molar-refractivity contribution in [1.29, 1.82) is 0 Å². The summed E-state index contributed by atoms with van der Waals surface area (Å²) in [5.41, 5.74) is 2.55. The zero-order chi connectivity index (χ0) is 22.6. The van der Waals surface area contributed by atoms with Crippen molar-refractivity contribution in [2.75, 3.05) is 24.2 Å². The zero-order valence-electron chi connectivity index (χ0n) is 17.5. The summed E-state index contributed by atoms with van der Waals surface area (Å²) in [5.74, 6) is -0.455. The minimum absolute atomic E-state index is 0.0799. The maximum atomic E-state index is 12.7. The molecule has 0 aromatic heterocycles. The Bertz CT molecular complexity index is 1070. The van der Waals surface area contributed by atoms with Crippen molar-refractivity contribution in [2.45, 2.75) is 26.8 Å². The van der Waals surface area contributed by atoms with Crippen LogP contribution in [0.4, 0.5) is 11.4 Å². The summed E-state index contributed by atoms with van der Waals surface area (Å²) in [5, 5.41) is 13.9. The quantitative estimate of drug-likeness (QED) is 0.503. The molecule has 1 N–H and O–H groups in total. The highest BCUT2D eigenvalue weighted by atomic mass is 32.2. The van der Waals surface area contributed by atoms with Gasteiger partial charge in [0.1, 0.15) is 18.0 Å². The average Bonchev–Trinajstić information content (AvgIpc) is 2.66. The highest BCUT2D eigenvalue weighted by molar-refractivity contribution is 7.92. The highest BCUT2D eigenvalue weighted by Crippen LogP contribution is 2.33. The number of hydrogen-bond acceptors (Lipinski definition) is 6. The predicted molar refractivity (Wildman–Crippen MR) is 114 cm³/mol. The molecular weight excluding hydrogens is 410 g/mol. The number of aryl methyl sites for hydroxylation is 2. The first-order valence-corrected chi connectivity index (χ1v) is 11.0. The summed E-state index contributed by atoms with van der Waals surface area (Å²) in [6, 6.07) is 9.08. The van der Waals surface area contributed by atoms with Crippen molar-refractivity contribution in [2.24, 2.45) is 0 Å². The SMILES string of the molecule is COc1ccc([N+](=O)[O-])cc1N(CC(=O)NC(C)c1cc(C)ccc1C)S(C)(=O)=O. The van der Waals surface area contributed by atoms with Crippen LogP contribution in [0.3, 0.4) is 0 Å². The fraction of sp³-hybridized carbons (Fsp3) is 0.350. The summed E-state index contributed by atoms with van der Waals surface area (Å²) >= 11 is 0. The topological polar surface area (TPSA) is 119 Å². The minimum atomic E-state index is -3.93. The molecule has 0 radical (unpaired) electrons. The number of nitrogens with one attached hydrogen (secondary N) is 1. The van der Waals surface area contributed by atoms with Crippen LogP contribution in [0.5, 0.6) is 5.75 Å². The molecule has 0 aliphatic rings. The van der Waals surface area contributed by atoms with Crippen LogP contribution in [-0.4, -0.2) is 39.2 Å². The number of rotatable bonds is 8. The Kier molecular flexibility index (Phi) is 7.04. The molecule has 0 heterocycles. The molecule has 0 aliphatic heterocycles. The smallest absolute Gasteiger partial charge is 0.271 e. The molecule has 0 saturated heterocycles. The first-order chi connectivity index (χ1) is 13.9. The molecule has 2 aromatic rings. The number of carbonyl (C=O) groups is 1. The van der Waals surface area contributed by atoms with Gasteiger partial charge in [0.2, 0.25) is 15.9 Å². The Balaban J connectivity index is 2.34. The Morgan fingerprint density at radius 3 is 2.47 bits per heavy atom. The summed E-state index contributed by atoms with van der Waals surface area (Å²) < 4.78 is 30.7. The van der Waals surface area contributed by atoms with Crippen LogP contribution in [0, 0.1) is 24.0 Å². The van der Waals surface area contributed by atoms with Gasteiger partial charge in [-0.1, -0.05) is 23.8 Å². The van der Waals surface area contributed by atoms with Gasteiger partial charge in [0, 0.05) is 12.1 Å². The number of nitrogens with zero attached hydrogens (tertiary/aromatic N) is 2. The summed E-state index contributed by atoms with van der Waals surface area (Å²) in [4.78, 5) is 23.2. The van der Waals surface area contributed by atoms with E-state index in [1.807, 2.05) is 32.0 Å². The average molecular weight is 436 g/mol. The normalized spacial score (nSPS) is 12.2. The first-order valence-electron chi connectivity index (χ1n) is 9.10. The van der Waals surface area contributed by atoms with Crippen LogP contribution < -0.4 is 14.4 Å². The Morgan fingerprint density at radius 2 is 1.90 bits per heavy atom. The van der Waals surface area contributed by atoms with Gasteiger partial charge in [-0.3, -0.25) is 19.2 Å². The standard InChI is InChI=1S/C20H25N3O6S/c1-13-6-7-14(2)17(10-13)15(3)21-20(24)12-22(30(5,27)28)18-11-16(23(25)26)8-9-19(18)29-4/h6-11,15H,12H2,1-5H3,(H,21,24). The maximum Gasteiger partial charge on any atom is 0.271 e. The number of methoxy groups -OCH3 is 1. The summed E-state index contributed by atoms with van der Waals surface area (Å²) in [7, 11) is -2.62. The van der Waals surface area contributed by atoms with Crippen molar-refractivity contribution < 1.29 is 22.9 Å². The molecule has 1 atom stereocenters. The van der Waals surface area contributed by atoms with Crippen LogP contribution in [-0.2, 0) is 14.8 Å². The molecular formula is C20H25N3O6S. The molecule has 10 heteroatoms. The molecule has 2 rings (SSSR count). The van der Waals surface area contributed by atoms with Crippen molar-refractivity contribution in [3.8, 4) is 5.75 Å². The Labute approximate surface area is 175 Å². The number of sulfonamides is 1. The fourth-order valence-electron chi connectivity index (χ4n) is 3.09. The van der Waals surface area contributed by atoms with E-state index >= 15 is 0 Å². The van der Waals surface area contributed by atoms with Gasteiger partial charge in [-0.2, -0.15) is 0 Å². The van der Waals surface area contributed by atoms with Crippen LogP contribution in [0.1, 0.15) is 29.7 Å². The molecule has 162 valence electrons. The Morgan fingerprint density at radius 1 is 1.23 bits per heavy atom. The zero-order valence-corrected chi connectivity index (χ0v) is 18.3. The van der Waals surface area contributed by atoms with E-state index in [0.29, 0.717) is 0 Å². The number of nitro benzene ring substituents is 1. The van der Waals surface area contributed by atoms with Crippen molar-refractivity contribution in [1.82, 2.24) is 5.32 Å². The van der Waals surface area contributed by atoms with Crippen molar-refractivity contribution in [3.05, 3.63) is 63.2 Å². The summed E-state index contributed by atoms with van der Waals surface area (Å²) in [6.07, 6.45) is 0.923. The molecule has 1 unspecified atom stereocenters. The lowest BCUT2D eigenvalue weighted by Gasteiger charge is -2.25. The monoisotopic (exact) mass is 435 g/mol.